The lowest BCUT2D eigenvalue weighted by molar-refractivity contribution is 0.432. The lowest BCUT2D eigenvalue weighted by atomic mass is 9.94. The molecule has 2 heterocycles. The zero-order chi connectivity index (χ0) is 14.7. The van der Waals surface area contributed by atoms with E-state index >= 15 is 0 Å². The molecular weight excluding hydrogens is 258 g/mol. The molecule has 1 aromatic heterocycles. The highest BCUT2D eigenvalue weighted by Crippen LogP contribution is 2.26. The molecule has 3 rings (SSSR count). The standard InChI is InChI=1S/C18H25N3/c1-3-21-18(16-8-10-19-11-9-16)13-17(20-21)12-15-6-4-14(2)5-7-15/h4-7,13,16,19H,3,8-12H2,1-2H3. The first-order chi connectivity index (χ1) is 10.3. The molecule has 3 heteroatoms. The van der Waals surface area contributed by atoms with Gasteiger partial charge in [0, 0.05) is 24.6 Å². The van der Waals surface area contributed by atoms with Gasteiger partial charge in [-0.15, -0.1) is 0 Å². The average molecular weight is 283 g/mol. The van der Waals surface area contributed by atoms with Crippen molar-refractivity contribution in [2.75, 3.05) is 13.1 Å². The van der Waals surface area contributed by atoms with Gasteiger partial charge in [-0.05, 0) is 51.4 Å². The molecule has 1 fully saturated rings. The van der Waals surface area contributed by atoms with Gasteiger partial charge < -0.3 is 5.32 Å². The number of hydrogen-bond donors (Lipinski definition) is 1. The Morgan fingerprint density at radius 3 is 2.57 bits per heavy atom. The van der Waals surface area contributed by atoms with Crippen LogP contribution in [0.3, 0.4) is 0 Å². The van der Waals surface area contributed by atoms with E-state index in [0.717, 1.165) is 26.1 Å². The molecule has 0 spiro atoms. The van der Waals surface area contributed by atoms with E-state index in [1.807, 2.05) is 0 Å². The fourth-order valence-corrected chi connectivity index (χ4v) is 3.19. The quantitative estimate of drug-likeness (QED) is 0.933. The van der Waals surface area contributed by atoms with Crippen LogP contribution in [-0.4, -0.2) is 22.9 Å². The zero-order valence-electron chi connectivity index (χ0n) is 13.1. The molecule has 3 nitrogen and oxygen atoms in total. The predicted molar refractivity (Wildman–Crippen MR) is 86.7 cm³/mol. The fraction of sp³-hybridized carbons (Fsp3) is 0.500. The molecule has 2 aromatic rings. The molecule has 0 aliphatic carbocycles. The molecular formula is C18H25N3. The second kappa shape index (κ2) is 6.44. The highest BCUT2D eigenvalue weighted by Gasteiger charge is 2.20. The van der Waals surface area contributed by atoms with E-state index in [0.29, 0.717) is 5.92 Å². The normalized spacial score (nSPS) is 16.3. The Kier molecular flexibility index (Phi) is 4.39. The Bertz CT molecular complexity index is 577. The van der Waals surface area contributed by atoms with Crippen LogP contribution in [0.25, 0.3) is 0 Å². The molecule has 21 heavy (non-hydrogen) atoms. The minimum Gasteiger partial charge on any atom is -0.317 e. The Morgan fingerprint density at radius 1 is 1.19 bits per heavy atom. The third-order valence-corrected chi connectivity index (χ3v) is 4.42. The summed E-state index contributed by atoms with van der Waals surface area (Å²) in [6.45, 7) is 7.55. The summed E-state index contributed by atoms with van der Waals surface area (Å²) in [5.74, 6) is 0.672. The topological polar surface area (TPSA) is 29.9 Å². The van der Waals surface area contributed by atoms with E-state index in [4.69, 9.17) is 5.10 Å². The smallest absolute Gasteiger partial charge is 0.0671 e. The van der Waals surface area contributed by atoms with E-state index in [2.05, 4.69) is 54.2 Å². The molecule has 0 saturated carbocycles. The fourth-order valence-electron chi connectivity index (χ4n) is 3.19. The van der Waals surface area contributed by atoms with Crippen LogP contribution < -0.4 is 5.32 Å². The van der Waals surface area contributed by atoms with Gasteiger partial charge in [0.25, 0.3) is 0 Å². The number of aryl methyl sites for hydroxylation is 2. The molecule has 0 unspecified atom stereocenters. The lowest BCUT2D eigenvalue weighted by Gasteiger charge is -2.23. The number of benzene rings is 1. The number of rotatable bonds is 4. The first kappa shape index (κ1) is 14.3. The summed E-state index contributed by atoms with van der Waals surface area (Å²) in [7, 11) is 0. The monoisotopic (exact) mass is 283 g/mol. The summed E-state index contributed by atoms with van der Waals surface area (Å²) < 4.78 is 2.21. The summed E-state index contributed by atoms with van der Waals surface area (Å²) in [5.41, 5.74) is 5.29. The van der Waals surface area contributed by atoms with Crippen molar-refractivity contribution >= 4 is 0 Å². The second-order valence-corrected chi connectivity index (χ2v) is 6.06. The molecule has 1 aliphatic rings. The molecule has 112 valence electrons. The van der Waals surface area contributed by atoms with E-state index in [9.17, 15) is 0 Å². The number of aromatic nitrogens is 2. The van der Waals surface area contributed by atoms with Crippen LogP contribution in [-0.2, 0) is 13.0 Å². The SMILES string of the molecule is CCn1nc(Cc2ccc(C)cc2)cc1C1CCNCC1. The minimum atomic E-state index is 0.672. The predicted octanol–water partition coefficient (Wildman–Crippen LogP) is 3.27. The molecule has 1 aromatic carbocycles. The number of nitrogens with zero attached hydrogens (tertiary/aromatic N) is 2. The van der Waals surface area contributed by atoms with Gasteiger partial charge in [-0.25, -0.2) is 0 Å². The molecule has 1 N–H and O–H groups in total. The highest BCUT2D eigenvalue weighted by atomic mass is 15.3. The van der Waals surface area contributed by atoms with Crippen molar-refractivity contribution in [2.45, 2.75) is 45.6 Å². The van der Waals surface area contributed by atoms with Crippen LogP contribution in [0.1, 0.15) is 48.2 Å². The van der Waals surface area contributed by atoms with Crippen molar-refractivity contribution in [2.24, 2.45) is 0 Å². The van der Waals surface area contributed by atoms with Crippen molar-refractivity contribution in [3.05, 3.63) is 52.8 Å². The van der Waals surface area contributed by atoms with Gasteiger partial charge in [0.2, 0.25) is 0 Å². The third kappa shape index (κ3) is 3.35. The summed E-state index contributed by atoms with van der Waals surface area (Å²) in [6.07, 6.45) is 3.40. The van der Waals surface area contributed by atoms with Crippen LogP contribution in [0.15, 0.2) is 30.3 Å². The largest absolute Gasteiger partial charge is 0.317 e. The zero-order valence-corrected chi connectivity index (χ0v) is 13.1. The molecule has 1 aliphatic heterocycles. The van der Waals surface area contributed by atoms with Crippen LogP contribution in [0, 0.1) is 6.92 Å². The Morgan fingerprint density at radius 2 is 1.90 bits per heavy atom. The Hall–Kier alpha value is -1.61. The van der Waals surface area contributed by atoms with Crippen LogP contribution in [0.5, 0.6) is 0 Å². The Labute approximate surface area is 127 Å². The Balaban J connectivity index is 1.79. The van der Waals surface area contributed by atoms with Crippen molar-refractivity contribution < 1.29 is 0 Å². The van der Waals surface area contributed by atoms with E-state index < -0.39 is 0 Å². The minimum absolute atomic E-state index is 0.672. The third-order valence-electron chi connectivity index (χ3n) is 4.42. The van der Waals surface area contributed by atoms with Gasteiger partial charge in [0.15, 0.2) is 0 Å². The van der Waals surface area contributed by atoms with Crippen molar-refractivity contribution in [3.63, 3.8) is 0 Å². The average Bonchev–Trinajstić information content (AvgIpc) is 2.93. The first-order valence-corrected chi connectivity index (χ1v) is 8.09. The highest BCUT2D eigenvalue weighted by molar-refractivity contribution is 5.27. The summed E-state index contributed by atoms with van der Waals surface area (Å²) in [6, 6.07) is 11.1. The first-order valence-electron chi connectivity index (χ1n) is 8.09. The second-order valence-electron chi connectivity index (χ2n) is 6.06. The van der Waals surface area contributed by atoms with Crippen molar-refractivity contribution in [1.82, 2.24) is 15.1 Å². The molecule has 0 amide bonds. The van der Waals surface area contributed by atoms with Gasteiger partial charge in [0.05, 0.1) is 5.69 Å². The molecule has 1 saturated heterocycles. The van der Waals surface area contributed by atoms with Gasteiger partial charge in [-0.2, -0.15) is 5.10 Å². The maximum Gasteiger partial charge on any atom is 0.0671 e. The van der Waals surface area contributed by atoms with Crippen molar-refractivity contribution in [3.8, 4) is 0 Å². The van der Waals surface area contributed by atoms with Gasteiger partial charge >= 0.3 is 0 Å². The summed E-state index contributed by atoms with van der Waals surface area (Å²) in [4.78, 5) is 0. The maximum atomic E-state index is 4.82. The molecule has 0 bridgehead atoms. The number of hydrogen-bond acceptors (Lipinski definition) is 2. The molecule has 0 atom stereocenters. The number of nitrogens with one attached hydrogen (secondary N) is 1. The van der Waals surface area contributed by atoms with Crippen LogP contribution >= 0.6 is 0 Å². The van der Waals surface area contributed by atoms with Gasteiger partial charge in [-0.1, -0.05) is 29.8 Å². The van der Waals surface area contributed by atoms with E-state index in [1.165, 1.54) is 35.4 Å². The van der Waals surface area contributed by atoms with Crippen LogP contribution in [0.4, 0.5) is 0 Å². The van der Waals surface area contributed by atoms with E-state index in [1.54, 1.807) is 0 Å². The summed E-state index contributed by atoms with van der Waals surface area (Å²) >= 11 is 0. The lowest BCUT2D eigenvalue weighted by Crippen LogP contribution is -2.27. The number of piperidine rings is 1. The van der Waals surface area contributed by atoms with Gasteiger partial charge in [-0.3, -0.25) is 4.68 Å². The molecule has 0 radical (unpaired) electrons. The van der Waals surface area contributed by atoms with E-state index in [-0.39, 0.29) is 0 Å². The van der Waals surface area contributed by atoms with Crippen LogP contribution in [0.2, 0.25) is 0 Å². The van der Waals surface area contributed by atoms with Gasteiger partial charge in [0.1, 0.15) is 0 Å². The maximum absolute atomic E-state index is 4.82. The summed E-state index contributed by atoms with van der Waals surface area (Å²) in [5, 5.41) is 8.26. The van der Waals surface area contributed by atoms with Crippen molar-refractivity contribution in [1.29, 1.82) is 0 Å².